The van der Waals surface area contributed by atoms with Crippen molar-refractivity contribution in [2.45, 2.75) is 17.9 Å². The minimum absolute atomic E-state index is 0.0187. The molecule has 0 aliphatic rings. The summed E-state index contributed by atoms with van der Waals surface area (Å²) in [5.74, 6) is -1.43. The van der Waals surface area contributed by atoms with Gasteiger partial charge < -0.3 is 10.1 Å². The molecule has 9 heteroatoms. The molecule has 0 saturated heterocycles. The maximum Gasteiger partial charge on any atom is 0.338 e. The molecule has 0 bridgehead atoms. The SMILES string of the molecule is CC(OC(=O)c1cccc(S(C)(=O)=O)c1)C(=O)Nc1cccc(Cl)c1Cl. The lowest BCUT2D eigenvalue weighted by Gasteiger charge is -2.14. The minimum atomic E-state index is -3.47. The van der Waals surface area contributed by atoms with Crippen molar-refractivity contribution in [2.24, 2.45) is 0 Å². The molecule has 2 aromatic rings. The predicted molar refractivity (Wildman–Crippen MR) is 99.5 cm³/mol. The third kappa shape index (κ3) is 4.97. The number of halogens is 2. The van der Waals surface area contributed by atoms with Crippen LogP contribution in [0.15, 0.2) is 47.4 Å². The van der Waals surface area contributed by atoms with E-state index < -0.39 is 27.8 Å². The second-order valence-electron chi connectivity index (χ2n) is 5.44. The van der Waals surface area contributed by atoms with E-state index in [1.807, 2.05) is 0 Å². The van der Waals surface area contributed by atoms with Gasteiger partial charge in [0.25, 0.3) is 5.91 Å². The Kier molecular flexibility index (Phi) is 6.28. The van der Waals surface area contributed by atoms with Gasteiger partial charge in [0.1, 0.15) is 0 Å². The van der Waals surface area contributed by atoms with Gasteiger partial charge in [-0.15, -0.1) is 0 Å². The number of ether oxygens (including phenoxy) is 1. The molecule has 0 spiro atoms. The summed E-state index contributed by atoms with van der Waals surface area (Å²) in [4.78, 5) is 24.3. The van der Waals surface area contributed by atoms with Crippen molar-refractivity contribution >= 4 is 50.6 Å². The van der Waals surface area contributed by atoms with Gasteiger partial charge in [-0.1, -0.05) is 35.3 Å². The number of rotatable bonds is 5. The number of carbonyl (C=O) groups excluding carboxylic acids is 2. The first kappa shape index (κ1) is 20.2. The maximum absolute atomic E-state index is 12.2. The van der Waals surface area contributed by atoms with Crippen molar-refractivity contribution in [2.75, 3.05) is 11.6 Å². The molecule has 0 fully saturated rings. The summed E-state index contributed by atoms with van der Waals surface area (Å²) >= 11 is 11.9. The van der Waals surface area contributed by atoms with E-state index in [1.54, 1.807) is 18.2 Å². The summed E-state index contributed by atoms with van der Waals surface area (Å²) in [7, 11) is -3.47. The van der Waals surface area contributed by atoms with Gasteiger partial charge in [-0.2, -0.15) is 0 Å². The van der Waals surface area contributed by atoms with E-state index in [0.29, 0.717) is 0 Å². The molecular weight excluding hydrogens is 401 g/mol. The van der Waals surface area contributed by atoms with Crippen molar-refractivity contribution in [1.29, 1.82) is 0 Å². The quantitative estimate of drug-likeness (QED) is 0.753. The van der Waals surface area contributed by atoms with E-state index in [-0.39, 0.29) is 26.2 Å². The molecule has 2 rings (SSSR count). The lowest BCUT2D eigenvalue weighted by Crippen LogP contribution is -2.30. The third-order valence-electron chi connectivity index (χ3n) is 3.36. The normalized spacial score (nSPS) is 12.3. The van der Waals surface area contributed by atoms with Crippen LogP contribution in [-0.4, -0.2) is 32.7 Å². The molecule has 2 aromatic carbocycles. The smallest absolute Gasteiger partial charge is 0.338 e. The predicted octanol–water partition coefficient (Wildman–Crippen LogP) is 3.58. The van der Waals surface area contributed by atoms with Crippen molar-refractivity contribution in [3.63, 3.8) is 0 Å². The van der Waals surface area contributed by atoms with Crippen molar-refractivity contribution < 1.29 is 22.7 Å². The lowest BCUT2D eigenvalue weighted by atomic mass is 10.2. The van der Waals surface area contributed by atoms with Gasteiger partial charge in [-0.25, -0.2) is 13.2 Å². The molecule has 1 atom stereocenters. The van der Waals surface area contributed by atoms with Gasteiger partial charge in [0.15, 0.2) is 15.9 Å². The van der Waals surface area contributed by atoms with Gasteiger partial charge >= 0.3 is 5.97 Å². The van der Waals surface area contributed by atoms with Crippen molar-refractivity contribution in [1.82, 2.24) is 0 Å². The average Bonchev–Trinajstić information content (AvgIpc) is 2.58. The monoisotopic (exact) mass is 415 g/mol. The zero-order chi connectivity index (χ0) is 19.5. The number of anilines is 1. The highest BCUT2D eigenvalue weighted by atomic mass is 35.5. The first-order valence-electron chi connectivity index (χ1n) is 7.35. The largest absolute Gasteiger partial charge is 0.449 e. The van der Waals surface area contributed by atoms with Crippen LogP contribution in [0, 0.1) is 0 Å². The molecule has 0 aliphatic heterocycles. The summed E-state index contributed by atoms with van der Waals surface area (Å²) in [6, 6.07) is 10.1. The molecular formula is C17H15Cl2NO5S. The Labute approximate surface area is 161 Å². The van der Waals surface area contributed by atoms with Gasteiger partial charge in [0, 0.05) is 6.26 Å². The standard InChI is InChI=1S/C17H15Cl2NO5S/c1-10(16(21)20-14-8-4-7-13(18)15(14)19)25-17(22)11-5-3-6-12(9-11)26(2,23)24/h3-10H,1-2H3,(H,20,21). The van der Waals surface area contributed by atoms with Crippen molar-refractivity contribution in [3.05, 3.63) is 58.1 Å². The molecule has 26 heavy (non-hydrogen) atoms. The second kappa shape index (κ2) is 8.07. The number of sulfone groups is 1. The topological polar surface area (TPSA) is 89.5 Å². The van der Waals surface area contributed by atoms with Gasteiger partial charge in [0.2, 0.25) is 0 Å². The van der Waals surface area contributed by atoms with Crippen LogP contribution in [0.3, 0.4) is 0 Å². The first-order chi connectivity index (χ1) is 12.1. The average molecular weight is 416 g/mol. The fourth-order valence-electron chi connectivity index (χ4n) is 1.97. The van der Waals surface area contributed by atoms with Gasteiger partial charge in [-0.3, -0.25) is 4.79 Å². The third-order valence-corrected chi connectivity index (χ3v) is 5.29. The molecule has 138 valence electrons. The van der Waals surface area contributed by atoms with Gasteiger partial charge in [0.05, 0.1) is 26.2 Å². The lowest BCUT2D eigenvalue weighted by molar-refractivity contribution is -0.123. The number of benzene rings is 2. The molecule has 0 saturated carbocycles. The van der Waals surface area contributed by atoms with E-state index in [0.717, 1.165) is 6.26 Å². The van der Waals surface area contributed by atoms with Crippen LogP contribution < -0.4 is 5.32 Å². The molecule has 6 nitrogen and oxygen atoms in total. The Hall–Kier alpha value is -2.09. The minimum Gasteiger partial charge on any atom is -0.449 e. The zero-order valence-corrected chi connectivity index (χ0v) is 16.2. The van der Waals surface area contributed by atoms with E-state index in [4.69, 9.17) is 27.9 Å². The number of nitrogens with one attached hydrogen (secondary N) is 1. The van der Waals surface area contributed by atoms with E-state index in [9.17, 15) is 18.0 Å². The zero-order valence-electron chi connectivity index (χ0n) is 13.8. The Morgan fingerprint density at radius 1 is 1.12 bits per heavy atom. The number of hydrogen-bond acceptors (Lipinski definition) is 5. The fraction of sp³-hybridized carbons (Fsp3) is 0.176. The van der Waals surface area contributed by atoms with Crippen LogP contribution in [0.1, 0.15) is 17.3 Å². The molecule has 0 radical (unpaired) electrons. The van der Waals surface area contributed by atoms with E-state index >= 15 is 0 Å². The van der Waals surface area contributed by atoms with Crippen LogP contribution in [-0.2, 0) is 19.4 Å². The fourth-order valence-corrected chi connectivity index (χ4v) is 2.99. The Balaban J connectivity index is 2.09. The van der Waals surface area contributed by atoms with Crippen LogP contribution in [0.25, 0.3) is 0 Å². The Bertz CT molecular complexity index is 959. The summed E-state index contributed by atoms with van der Waals surface area (Å²) in [6.07, 6.45) is -0.109. The number of esters is 1. The summed E-state index contributed by atoms with van der Waals surface area (Å²) in [6.45, 7) is 1.38. The van der Waals surface area contributed by atoms with Crippen LogP contribution in [0.4, 0.5) is 5.69 Å². The molecule has 0 aromatic heterocycles. The highest BCUT2D eigenvalue weighted by Gasteiger charge is 2.21. The highest BCUT2D eigenvalue weighted by Crippen LogP contribution is 2.29. The summed E-state index contributed by atoms with van der Waals surface area (Å²) < 4.78 is 28.2. The highest BCUT2D eigenvalue weighted by molar-refractivity contribution is 7.90. The molecule has 1 N–H and O–H groups in total. The maximum atomic E-state index is 12.2. The molecule has 1 unspecified atom stereocenters. The molecule has 1 amide bonds. The van der Waals surface area contributed by atoms with Crippen molar-refractivity contribution in [3.8, 4) is 0 Å². The Morgan fingerprint density at radius 3 is 2.42 bits per heavy atom. The molecule has 0 aliphatic carbocycles. The van der Waals surface area contributed by atoms with Gasteiger partial charge in [-0.05, 0) is 37.3 Å². The Morgan fingerprint density at radius 2 is 1.77 bits per heavy atom. The summed E-state index contributed by atoms with van der Waals surface area (Å²) in [5, 5.41) is 2.95. The van der Waals surface area contributed by atoms with E-state index in [1.165, 1.54) is 31.2 Å². The van der Waals surface area contributed by atoms with Crippen LogP contribution >= 0.6 is 23.2 Å². The van der Waals surface area contributed by atoms with E-state index in [2.05, 4.69) is 5.32 Å². The molecule has 0 heterocycles. The van der Waals surface area contributed by atoms with Crippen LogP contribution in [0.2, 0.25) is 10.0 Å². The number of amides is 1. The second-order valence-corrected chi connectivity index (χ2v) is 8.24. The number of hydrogen-bond donors (Lipinski definition) is 1. The number of carbonyl (C=O) groups is 2. The van der Waals surface area contributed by atoms with Crippen LogP contribution in [0.5, 0.6) is 0 Å². The summed E-state index contributed by atoms with van der Waals surface area (Å²) in [5.41, 5.74) is 0.305. The first-order valence-corrected chi connectivity index (χ1v) is 10.0.